The number of aliphatic hydroxyl groups is 1. The van der Waals surface area contributed by atoms with Gasteiger partial charge in [0.25, 0.3) is 0 Å². The number of rotatable bonds is 11. The molecule has 2 N–H and O–H groups in total. The Morgan fingerprint density at radius 3 is 2.27 bits per heavy atom. The highest BCUT2D eigenvalue weighted by molar-refractivity contribution is 5.76. The van der Waals surface area contributed by atoms with Crippen LogP contribution in [0.3, 0.4) is 0 Å². The number of allylic oxidation sites excluding steroid dienone is 1. The van der Waals surface area contributed by atoms with E-state index in [-0.39, 0.29) is 6.42 Å². The van der Waals surface area contributed by atoms with Crippen molar-refractivity contribution in [1.82, 2.24) is 9.80 Å². The lowest BCUT2D eigenvalue weighted by Gasteiger charge is -2.28. The summed E-state index contributed by atoms with van der Waals surface area (Å²) >= 11 is 0. The first-order valence-corrected chi connectivity index (χ1v) is 11.5. The van der Waals surface area contributed by atoms with Gasteiger partial charge < -0.3 is 20.0 Å². The molecule has 0 radical (unpaired) electrons. The zero-order valence-corrected chi connectivity index (χ0v) is 20.6. The number of nitrogens with zero attached hydrogens (tertiary/aromatic N) is 2. The summed E-state index contributed by atoms with van der Waals surface area (Å²) in [6.45, 7) is 9.41. The predicted octanol–water partition coefficient (Wildman–Crippen LogP) is 4.57. The molecule has 1 fully saturated rings. The number of likely N-dealkylation sites (tertiary alicyclic amines) is 1. The molecule has 0 spiro atoms. The largest absolute Gasteiger partial charge is 0.481 e. The highest BCUT2D eigenvalue weighted by atomic mass is 16.4. The summed E-state index contributed by atoms with van der Waals surface area (Å²) in [7, 11) is 5.04. The van der Waals surface area contributed by atoms with Crippen molar-refractivity contribution in [1.29, 1.82) is 0 Å². The van der Waals surface area contributed by atoms with Gasteiger partial charge >= 0.3 is 5.97 Å². The molecule has 0 aromatic rings. The van der Waals surface area contributed by atoms with Crippen LogP contribution in [-0.4, -0.2) is 71.7 Å². The molecule has 6 nitrogen and oxygen atoms in total. The number of aliphatic hydroxyl groups excluding tert-OH is 1. The Balaban J connectivity index is 0. The van der Waals surface area contributed by atoms with E-state index < -0.39 is 5.97 Å². The van der Waals surface area contributed by atoms with Crippen molar-refractivity contribution >= 4 is 11.9 Å². The molecule has 30 heavy (non-hydrogen) atoms. The summed E-state index contributed by atoms with van der Waals surface area (Å²) in [6, 6.07) is 0.802. The van der Waals surface area contributed by atoms with Crippen molar-refractivity contribution in [2.45, 2.75) is 97.6 Å². The van der Waals surface area contributed by atoms with Gasteiger partial charge in [-0.3, -0.25) is 9.59 Å². The highest BCUT2D eigenvalue weighted by Gasteiger charge is 2.23. The van der Waals surface area contributed by atoms with Crippen LogP contribution in [-0.2, 0) is 9.59 Å². The molecular weight excluding hydrogens is 380 g/mol. The summed E-state index contributed by atoms with van der Waals surface area (Å²) in [6.07, 6.45) is 13.4. The maximum absolute atomic E-state index is 11.2. The molecule has 1 aliphatic heterocycles. The van der Waals surface area contributed by atoms with Crippen LogP contribution in [0.4, 0.5) is 0 Å². The minimum Gasteiger partial charge on any atom is -0.481 e. The molecule has 1 heterocycles. The molecule has 1 amide bonds. The molecule has 3 atom stereocenters. The lowest BCUT2D eigenvalue weighted by molar-refractivity contribution is -0.137. The van der Waals surface area contributed by atoms with Crippen molar-refractivity contribution in [3.05, 3.63) is 12.2 Å². The summed E-state index contributed by atoms with van der Waals surface area (Å²) in [5, 5.41) is 15.8. The fourth-order valence-corrected chi connectivity index (χ4v) is 3.72. The number of unbranched alkanes of at least 4 members (excludes halogenated alkanes) is 3. The fourth-order valence-electron chi connectivity index (χ4n) is 3.72. The van der Waals surface area contributed by atoms with Crippen LogP contribution >= 0.6 is 0 Å². The number of carboxylic acid groups (broad SMARTS) is 1. The van der Waals surface area contributed by atoms with Crippen molar-refractivity contribution in [3.8, 4) is 0 Å². The molecule has 178 valence electrons. The number of hydrogen-bond acceptors (Lipinski definition) is 4. The van der Waals surface area contributed by atoms with Crippen molar-refractivity contribution in [3.63, 3.8) is 0 Å². The molecule has 6 heteroatoms. The second-order valence-corrected chi connectivity index (χ2v) is 8.18. The highest BCUT2D eigenvalue weighted by Crippen LogP contribution is 2.17. The Hall–Kier alpha value is -1.40. The summed E-state index contributed by atoms with van der Waals surface area (Å²) in [5.74, 6) is 0.00644. The van der Waals surface area contributed by atoms with Crippen molar-refractivity contribution < 1.29 is 19.8 Å². The Morgan fingerprint density at radius 2 is 1.83 bits per heavy atom. The number of aliphatic carboxylic acids is 1. The van der Waals surface area contributed by atoms with E-state index in [9.17, 15) is 9.59 Å². The Morgan fingerprint density at radius 1 is 1.20 bits per heavy atom. The molecule has 0 bridgehead atoms. The zero-order chi connectivity index (χ0) is 23.5. The van der Waals surface area contributed by atoms with Gasteiger partial charge in [-0.1, -0.05) is 45.8 Å². The number of carbonyl (C=O) groups excluding carboxylic acids is 1. The minimum absolute atomic E-state index is 0.247. The van der Waals surface area contributed by atoms with Gasteiger partial charge in [0, 0.05) is 38.6 Å². The Bertz CT molecular complexity index is 466. The minimum atomic E-state index is -0.707. The van der Waals surface area contributed by atoms with Gasteiger partial charge in [0.2, 0.25) is 5.91 Å². The monoisotopic (exact) mass is 428 g/mol. The molecule has 0 aromatic heterocycles. The maximum atomic E-state index is 11.2. The van der Waals surface area contributed by atoms with E-state index in [1.807, 2.05) is 25.9 Å². The number of carboxylic acids is 1. The van der Waals surface area contributed by atoms with Crippen molar-refractivity contribution in [2.24, 2.45) is 5.92 Å². The lowest BCUT2D eigenvalue weighted by atomic mass is 9.95. The van der Waals surface area contributed by atoms with Crippen LogP contribution in [0.15, 0.2) is 12.2 Å². The van der Waals surface area contributed by atoms with Crippen LogP contribution < -0.4 is 0 Å². The fraction of sp³-hybridized carbons (Fsp3) is 0.833. The van der Waals surface area contributed by atoms with Gasteiger partial charge in [-0.15, -0.1) is 0 Å². The number of amides is 1. The molecule has 1 saturated heterocycles. The molecule has 0 aliphatic carbocycles. The van der Waals surface area contributed by atoms with E-state index in [1.165, 1.54) is 32.1 Å². The van der Waals surface area contributed by atoms with Crippen LogP contribution in [0.5, 0.6) is 0 Å². The first-order valence-electron chi connectivity index (χ1n) is 11.5. The van der Waals surface area contributed by atoms with E-state index in [1.54, 1.807) is 0 Å². The lowest BCUT2D eigenvalue weighted by Crippen LogP contribution is -2.33. The molecule has 1 aliphatic rings. The van der Waals surface area contributed by atoms with Crippen molar-refractivity contribution in [2.75, 3.05) is 27.7 Å². The first kappa shape index (κ1) is 30.8. The SMILES string of the molecule is CCC(=O)N1CCC[C@H]1C.CCCCC/C=C\C(C)C(CCC(=O)O)N(C)C.CO. The van der Waals surface area contributed by atoms with E-state index in [0.717, 1.165) is 20.1 Å². The average molecular weight is 429 g/mol. The Labute approximate surface area is 185 Å². The molecule has 0 aromatic carbocycles. The van der Waals surface area contributed by atoms with E-state index in [4.69, 9.17) is 10.2 Å². The standard InChI is InChI=1S/C15H29NO2.C8H15NO.CH4O/c1-5-6-7-8-9-10-13(2)14(16(3)4)11-12-15(17)18;1-3-8(10)9-6-4-5-7(9)2;1-2/h9-10,13-14H,5-8,11-12H2,1-4H3,(H,17,18);7H,3-6H2,1-2H3;2H,1H3/b10-9-;;/t;7-;/m.1./s1. The van der Waals surface area contributed by atoms with Crippen LogP contribution in [0, 0.1) is 5.92 Å². The molecule has 1 rings (SSSR count). The van der Waals surface area contributed by atoms with Gasteiger partial charge in [0.1, 0.15) is 0 Å². The second kappa shape index (κ2) is 19.6. The first-order chi connectivity index (χ1) is 14.2. The van der Waals surface area contributed by atoms with E-state index in [2.05, 4.69) is 37.8 Å². The van der Waals surface area contributed by atoms with Gasteiger partial charge in [0.05, 0.1) is 0 Å². The maximum Gasteiger partial charge on any atom is 0.303 e. The average Bonchev–Trinajstić information content (AvgIpc) is 3.15. The third-order valence-corrected chi connectivity index (χ3v) is 5.51. The summed E-state index contributed by atoms with van der Waals surface area (Å²) in [5.41, 5.74) is 0. The third-order valence-electron chi connectivity index (χ3n) is 5.51. The van der Waals surface area contributed by atoms with E-state index >= 15 is 0 Å². The van der Waals surface area contributed by atoms with Gasteiger partial charge in [-0.05, 0) is 59.0 Å². The second-order valence-electron chi connectivity index (χ2n) is 8.18. The zero-order valence-electron chi connectivity index (χ0n) is 20.6. The smallest absolute Gasteiger partial charge is 0.303 e. The predicted molar refractivity (Wildman–Crippen MR) is 126 cm³/mol. The van der Waals surface area contributed by atoms with Gasteiger partial charge in [0.15, 0.2) is 0 Å². The molecular formula is C24H48N2O4. The molecule has 0 saturated carbocycles. The number of carbonyl (C=O) groups is 2. The van der Waals surface area contributed by atoms with Gasteiger partial charge in [-0.25, -0.2) is 0 Å². The number of hydrogen-bond donors (Lipinski definition) is 2. The normalized spacial score (nSPS) is 17.8. The van der Waals surface area contributed by atoms with Crippen LogP contribution in [0.25, 0.3) is 0 Å². The van der Waals surface area contributed by atoms with Crippen LogP contribution in [0.1, 0.15) is 85.5 Å². The molecule has 2 unspecified atom stereocenters. The van der Waals surface area contributed by atoms with Crippen LogP contribution in [0.2, 0.25) is 0 Å². The topological polar surface area (TPSA) is 81.1 Å². The Kier molecular flexibility index (Phi) is 20.1. The third kappa shape index (κ3) is 14.6. The van der Waals surface area contributed by atoms with Gasteiger partial charge in [-0.2, -0.15) is 0 Å². The quantitative estimate of drug-likeness (QED) is 0.372. The summed E-state index contributed by atoms with van der Waals surface area (Å²) < 4.78 is 0. The van der Waals surface area contributed by atoms with E-state index in [0.29, 0.717) is 36.8 Å². The summed E-state index contributed by atoms with van der Waals surface area (Å²) in [4.78, 5) is 25.9.